The van der Waals surface area contributed by atoms with Gasteiger partial charge in [-0.15, -0.1) is 0 Å². The van der Waals surface area contributed by atoms with Crippen LogP contribution in [0.2, 0.25) is 0 Å². The van der Waals surface area contributed by atoms with Crippen molar-refractivity contribution in [2.45, 2.75) is 25.7 Å². The molecule has 0 aliphatic heterocycles. The normalized spacial score (nSPS) is 21.0. The topological polar surface area (TPSA) is 95.5 Å². The minimum Gasteiger partial charge on any atom is -0.550 e. The highest BCUT2D eigenvalue weighted by Crippen LogP contribution is 2.30. The molecule has 0 bridgehead atoms. The molecule has 1 fully saturated rings. The van der Waals surface area contributed by atoms with E-state index in [1.807, 2.05) is 0 Å². The fraction of sp³-hybridized carbons (Fsp3) is 0.438. The van der Waals surface area contributed by atoms with E-state index in [0.29, 0.717) is 24.1 Å². The number of esters is 1. The van der Waals surface area contributed by atoms with Crippen LogP contribution in [0.15, 0.2) is 24.3 Å². The van der Waals surface area contributed by atoms with Crippen LogP contribution in [-0.4, -0.2) is 25.0 Å². The maximum atomic E-state index is 12.3. The maximum absolute atomic E-state index is 12.3. The van der Waals surface area contributed by atoms with Crippen LogP contribution in [0.25, 0.3) is 0 Å². The molecule has 2 atom stereocenters. The van der Waals surface area contributed by atoms with Crippen LogP contribution in [0.4, 0.5) is 5.69 Å². The highest BCUT2D eigenvalue weighted by Gasteiger charge is 2.31. The summed E-state index contributed by atoms with van der Waals surface area (Å²) in [7, 11) is 1.29. The standard InChI is InChI=1S/C16H19NO5/c1-22-16(21)10-6-8-11(9-7-10)17-14(18)12-4-2-3-5-13(12)15(19)20/h6-9,12-13H,2-5H2,1H3,(H,17,18)(H,19,20)/p-1/t12-,13+/m0/s1. The molecule has 6 heteroatoms. The molecule has 6 nitrogen and oxygen atoms in total. The Bertz CT molecular complexity index is 566. The number of nitrogens with one attached hydrogen (secondary N) is 1. The summed E-state index contributed by atoms with van der Waals surface area (Å²) in [6.07, 6.45) is 2.66. The van der Waals surface area contributed by atoms with Crippen LogP contribution in [0, 0.1) is 11.8 Å². The molecule has 1 N–H and O–H groups in total. The van der Waals surface area contributed by atoms with Crippen molar-refractivity contribution in [3.63, 3.8) is 0 Å². The van der Waals surface area contributed by atoms with Gasteiger partial charge in [0.1, 0.15) is 0 Å². The zero-order chi connectivity index (χ0) is 16.1. The predicted octanol–water partition coefficient (Wildman–Crippen LogP) is 0.968. The molecule has 0 aromatic heterocycles. The number of carboxylic acids is 1. The molecule has 1 saturated carbocycles. The number of benzene rings is 1. The number of methoxy groups -OCH3 is 1. The zero-order valence-corrected chi connectivity index (χ0v) is 12.3. The van der Waals surface area contributed by atoms with Crippen molar-refractivity contribution in [2.75, 3.05) is 12.4 Å². The quantitative estimate of drug-likeness (QED) is 0.836. The van der Waals surface area contributed by atoms with Gasteiger partial charge in [0, 0.05) is 23.5 Å². The average molecular weight is 304 g/mol. The first kappa shape index (κ1) is 16.0. The number of amides is 1. The second-order valence-corrected chi connectivity index (χ2v) is 5.37. The molecule has 0 unspecified atom stereocenters. The van der Waals surface area contributed by atoms with Crippen molar-refractivity contribution < 1.29 is 24.2 Å². The van der Waals surface area contributed by atoms with E-state index in [-0.39, 0.29) is 5.91 Å². The van der Waals surface area contributed by atoms with Gasteiger partial charge in [0.15, 0.2) is 0 Å². The number of carbonyl (C=O) groups is 3. The molecule has 2 rings (SSSR count). The van der Waals surface area contributed by atoms with E-state index >= 15 is 0 Å². The Hall–Kier alpha value is -2.37. The van der Waals surface area contributed by atoms with Crippen molar-refractivity contribution in [1.29, 1.82) is 0 Å². The van der Waals surface area contributed by atoms with Crippen LogP contribution >= 0.6 is 0 Å². The number of hydrogen-bond acceptors (Lipinski definition) is 5. The molecule has 118 valence electrons. The first-order valence-corrected chi connectivity index (χ1v) is 7.23. The average Bonchev–Trinajstić information content (AvgIpc) is 2.54. The molecule has 0 heterocycles. The SMILES string of the molecule is COC(=O)c1ccc(NC(=O)[C@H]2CCCC[C@H]2C(=O)[O-])cc1. The number of aliphatic carboxylic acids is 1. The van der Waals surface area contributed by atoms with Gasteiger partial charge in [-0.1, -0.05) is 12.8 Å². The summed E-state index contributed by atoms with van der Waals surface area (Å²) in [4.78, 5) is 34.7. The molecule has 0 saturated heterocycles. The Morgan fingerprint density at radius 2 is 1.68 bits per heavy atom. The minimum atomic E-state index is -1.17. The van der Waals surface area contributed by atoms with Crippen LogP contribution in [0.3, 0.4) is 0 Å². The molecule has 1 aliphatic rings. The van der Waals surface area contributed by atoms with Gasteiger partial charge in [-0.05, 0) is 37.1 Å². The Labute approximate surface area is 128 Å². The molecule has 1 aromatic carbocycles. The first-order chi connectivity index (χ1) is 10.5. The molecular weight excluding hydrogens is 286 g/mol. The van der Waals surface area contributed by atoms with Crippen LogP contribution < -0.4 is 10.4 Å². The van der Waals surface area contributed by atoms with E-state index < -0.39 is 23.8 Å². The number of carboxylic acid groups (broad SMARTS) is 1. The van der Waals surface area contributed by atoms with Crippen molar-refractivity contribution in [3.05, 3.63) is 29.8 Å². The second kappa shape index (κ2) is 7.06. The van der Waals surface area contributed by atoms with Gasteiger partial charge in [0.2, 0.25) is 5.91 Å². The van der Waals surface area contributed by atoms with Gasteiger partial charge in [0.05, 0.1) is 12.7 Å². The van der Waals surface area contributed by atoms with E-state index in [2.05, 4.69) is 10.1 Å². The summed E-state index contributed by atoms with van der Waals surface area (Å²) in [5.74, 6) is -3.25. The van der Waals surface area contributed by atoms with E-state index in [9.17, 15) is 19.5 Å². The third kappa shape index (κ3) is 3.63. The largest absolute Gasteiger partial charge is 0.550 e. The van der Waals surface area contributed by atoms with Gasteiger partial charge in [-0.3, -0.25) is 4.79 Å². The highest BCUT2D eigenvalue weighted by molar-refractivity contribution is 5.96. The lowest BCUT2D eigenvalue weighted by atomic mass is 9.78. The zero-order valence-electron chi connectivity index (χ0n) is 12.3. The second-order valence-electron chi connectivity index (χ2n) is 5.37. The lowest BCUT2D eigenvalue weighted by Crippen LogP contribution is -2.42. The van der Waals surface area contributed by atoms with E-state index in [1.54, 1.807) is 24.3 Å². The third-order valence-electron chi connectivity index (χ3n) is 3.98. The van der Waals surface area contributed by atoms with Crippen LogP contribution in [0.1, 0.15) is 36.0 Å². The van der Waals surface area contributed by atoms with Crippen LogP contribution in [0.5, 0.6) is 0 Å². The Balaban J connectivity index is 2.04. The Morgan fingerprint density at radius 3 is 2.23 bits per heavy atom. The van der Waals surface area contributed by atoms with E-state index in [1.165, 1.54) is 7.11 Å². The Kier molecular flexibility index (Phi) is 5.14. The summed E-state index contributed by atoms with van der Waals surface area (Å²) in [5.41, 5.74) is 0.895. The molecule has 0 spiro atoms. The van der Waals surface area contributed by atoms with Gasteiger partial charge in [0.25, 0.3) is 0 Å². The monoisotopic (exact) mass is 304 g/mol. The number of ether oxygens (including phenoxy) is 1. The lowest BCUT2D eigenvalue weighted by Gasteiger charge is -2.31. The molecule has 22 heavy (non-hydrogen) atoms. The van der Waals surface area contributed by atoms with Crippen molar-refractivity contribution in [3.8, 4) is 0 Å². The molecule has 1 amide bonds. The summed E-state index contributed by atoms with van der Waals surface area (Å²) < 4.78 is 4.59. The number of carbonyl (C=O) groups excluding carboxylic acids is 3. The smallest absolute Gasteiger partial charge is 0.337 e. The van der Waals surface area contributed by atoms with Crippen LogP contribution in [-0.2, 0) is 14.3 Å². The van der Waals surface area contributed by atoms with Gasteiger partial charge >= 0.3 is 5.97 Å². The molecule has 1 aromatic rings. The van der Waals surface area contributed by atoms with E-state index in [0.717, 1.165) is 12.8 Å². The Morgan fingerprint density at radius 1 is 1.09 bits per heavy atom. The fourth-order valence-corrected chi connectivity index (χ4v) is 2.77. The minimum absolute atomic E-state index is 0.320. The fourth-order valence-electron chi connectivity index (χ4n) is 2.77. The van der Waals surface area contributed by atoms with Crippen molar-refractivity contribution >= 4 is 23.5 Å². The van der Waals surface area contributed by atoms with Crippen molar-refractivity contribution in [1.82, 2.24) is 0 Å². The van der Waals surface area contributed by atoms with Gasteiger partial charge < -0.3 is 20.0 Å². The lowest BCUT2D eigenvalue weighted by molar-refractivity contribution is -0.313. The van der Waals surface area contributed by atoms with Crippen molar-refractivity contribution in [2.24, 2.45) is 11.8 Å². The summed E-state index contributed by atoms with van der Waals surface area (Å²) >= 11 is 0. The first-order valence-electron chi connectivity index (χ1n) is 7.23. The summed E-state index contributed by atoms with van der Waals surface area (Å²) in [6, 6.07) is 6.25. The molecule has 1 aliphatic carbocycles. The van der Waals surface area contributed by atoms with Gasteiger partial charge in [-0.2, -0.15) is 0 Å². The van der Waals surface area contributed by atoms with Gasteiger partial charge in [-0.25, -0.2) is 4.79 Å². The highest BCUT2D eigenvalue weighted by atomic mass is 16.5. The molecule has 0 radical (unpaired) electrons. The number of hydrogen-bond donors (Lipinski definition) is 1. The maximum Gasteiger partial charge on any atom is 0.337 e. The predicted molar refractivity (Wildman–Crippen MR) is 76.9 cm³/mol. The third-order valence-corrected chi connectivity index (χ3v) is 3.98. The van der Waals surface area contributed by atoms with E-state index in [4.69, 9.17) is 0 Å². The number of anilines is 1. The summed E-state index contributed by atoms with van der Waals surface area (Å²) in [5, 5.41) is 13.8. The number of rotatable bonds is 4. The summed E-state index contributed by atoms with van der Waals surface area (Å²) in [6.45, 7) is 0. The molecular formula is C16H18NO5-.